The lowest BCUT2D eigenvalue weighted by molar-refractivity contribution is -0.144. The molecule has 1 aromatic heterocycles. The van der Waals surface area contributed by atoms with Crippen molar-refractivity contribution < 1.29 is 36.7 Å². The van der Waals surface area contributed by atoms with Crippen LogP contribution < -0.4 is 16.0 Å². The van der Waals surface area contributed by atoms with Gasteiger partial charge in [-0.3, -0.25) is 4.79 Å². The van der Waals surface area contributed by atoms with Gasteiger partial charge in [0.25, 0.3) is 5.89 Å². The number of hydrogen-bond acceptors (Lipinski definition) is 6. The molecule has 2 aromatic carbocycles. The summed E-state index contributed by atoms with van der Waals surface area (Å²) in [5.41, 5.74) is 0.00502. The van der Waals surface area contributed by atoms with Gasteiger partial charge in [-0.25, -0.2) is 14.6 Å². The minimum absolute atomic E-state index is 0.0154. The van der Waals surface area contributed by atoms with Crippen molar-refractivity contribution in [3.05, 3.63) is 66.2 Å². The molecule has 1 unspecified atom stereocenters. The highest BCUT2D eigenvalue weighted by Gasteiger charge is 2.30. The van der Waals surface area contributed by atoms with E-state index in [1.807, 2.05) is 0 Å². The van der Waals surface area contributed by atoms with Gasteiger partial charge in [0, 0.05) is 16.9 Å². The van der Waals surface area contributed by atoms with Crippen LogP contribution in [0.1, 0.15) is 30.1 Å². The Bertz CT molecular complexity index is 1240. The number of amides is 3. The number of carbonyl (C=O) groups excluding carboxylic acids is 3. The number of anilines is 2. The lowest BCUT2D eigenvalue weighted by atomic mass is 10.0. The summed E-state index contributed by atoms with van der Waals surface area (Å²) in [6.45, 7) is 3.50. The van der Waals surface area contributed by atoms with Gasteiger partial charge in [-0.15, -0.1) is 0 Å². The van der Waals surface area contributed by atoms with E-state index in [2.05, 4.69) is 20.9 Å². The molecule has 3 rings (SSSR count). The zero-order valence-corrected chi connectivity index (χ0v) is 19.5. The van der Waals surface area contributed by atoms with E-state index < -0.39 is 35.7 Å². The predicted molar refractivity (Wildman–Crippen MR) is 124 cm³/mol. The van der Waals surface area contributed by atoms with Crippen LogP contribution in [0.25, 0.3) is 11.3 Å². The minimum Gasteiger partial charge on any atom is -0.467 e. The molecule has 190 valence electrons. The zero-order valence-electron chi connectivity index (χ0n) is 19.5. The fourth-order valence-corrected chi connectivity index (χ4v) is 3.12. The van der Waals surface area contributed by atoms with Crippen LogP contribution in [0.15, 0.2) is 59.1 Å². The highest BCUT2D eigenvalue weighted by Crippen LogP contribution is 2.30. The molecule has 1 heterocycles. The first-order chi connectivity index (χ1) is 17.0. The number of esters is 1. The highest BCUT2D eigenvalue weighted by molar-refractivity contribution is 6.00. The van der Waals surface area contributed by atoms with Crippen LogP contribution in [0.4, 0.5) is 29.3 Å². The number of nitrogens with one attached hydrogen (secondary N) is 3. The summed E-state index contributed by atoms with van der Waals surface area (Å²) in [4.78, 5) is 40.4. The third kappa shape index (κ3) is 6.62. The van der Waals surface area contributed by atoms with Crippen LogP contribution in [0.2, 0.25) is 0 Å². The average molecular weight is 504 g/mol. The summed E-state index contributed by atoms with van der Waals surface area (Å²) in [6.07, 6.45) is -3.19. The number of benzene rings is 2. The number of rotatable bonds is 7. The average Bonchev–Trinajstić information content (AvgIpc) is 3.32. The molecule has 0 saturated heterocycles. The first kappa shape index (κ1) is 26.3. The van der Waals surface area contributed by atoms with Gasteiger partial charge in [-0.1, -0.05) is 19.9 Å². The molecular formula is C24H23F3N4O5. The molecule has 0 aliphatic rings. The van der Waals surface area contributed by atoms with Gasteiger partial charge in [0.1, 0.15) is 6.04 Å². The summed E-state index contributed by atoms with van der Waals surface area (Å²) in [5.74, 6) is -1.48. The Morgan fingerprint density at radius 2 is 1.67 bits per heavy atom. The summed E-state index contributed by atoms with van der Waals surface area (Å²) in [7, 11) is 1.22. The van der Waals surface area contributed by atoms with Gasteiger partial charge in [0.15, 0.2) is 5.76 Å². The maximum Gasteiger partial charge on any atom is 0.416 e. The van der Waals surface area contributed by atoms with Crippen molar-refractivity contribution in [2.75, 3.05) is 17.7 Å². The maximum absolute atomic E-state index is 12.8. The molecule has 0 aliphatic heterocycles. The van der Waals surface area contributed by atoms with Crippen molar-refractivity contribution in [2.45, 2.75) is 26.1 Å². The molecule has 0 aliphatic carbocycles. The minimum atomic E-state index is -4.53. The van der Waals surface area contributed by atoms with E-state index in [9.17, 15) is 27.6 Å². The molecular weight excluding hydrogens is 481 g/mol. The van der Waals surface area contributed by atoms with Crippen LogP contribution in [0, 0.1) is 5.92 Å². The van der Waals surface area contributed by atoms with E-state index in [4.69, 9.17) is 9.15 Å². The molecule has 3 amide bonds. The van der Waals surface area contributed by atoms with E-state index in [1.54, 1.807) is 26.0 Å². The Hall–Kier alpha value is -4.35. The van der Waals surface area contributed by atoms with Crippen LogP contribution in [-0.2, 0) is 15.7 Å². The number of urea groups is 1. The molecule has 9 nitrogen and oxygen atoms in total. The van der Waals surface area contributed by atoms with Gasteiger partial charge >= 0.3 is 24.1 Å². The van der Waals surface area contributed by atoms with E-state index in [0.29, 0.717) is 11.3 Å². The molecule has 36 heavy (non-hydrogen) atoms. The molecule has 3 aromatic rings. The summed E-state index contributed by atoms with van der Waals surface area (Å²) in [6, 6.07) is 8.92. The lowest BCUT2D eigenvalue weighted by Gasteiger charge is -2.18. The standard InChI is InChI=1S/C24H23F3N4O5/c1-13(2)19(22(33)35-3)31-20(32)21-28-12-18(36-21)14-7-9-16(10-8-14)29-23(34)30-17-6-4-5-15(11-17)24(25,26)27/h4-13,19H,1-3H3,(H,31,32)(H2,29,30,34). The zero-order chi connectivity index (χ0) is 26.5. The van der Waals surface area contributed by atoms with Crippen molar-refractivity contribution in [3.63, 3.8) is 0 Å². The van der Waals surface area contributed by atoms with Crippen molar-refractivity contribution in [3.8, 4) is 11.3 Å². The fourth-order valence-electron chi connectivity index (χ4n) is 3.12. The fraction of sp³-hybridized carbons (Fsp3) is 0.250. The number of aromatic nitrogens is 1. The Kier molecular flexibility index (Phi) is 7.97. The monoisotopic (exact) mass is 504 g/mol. The quantitative estimate of drug-likeness (QED) is 0.392. The Balaban J connectivity index is 1.62. The van der Waals surface area contributed by atoms with Crippen LogP contribution in [0.3, 0.4) is 0 Å². The lowest BCUT2D eigenvalue weighted by Crippen LogP contribution is -2.45. The molecule has 12 heteroatoms. The third-order valence-corrected chi connectivity index (χ3v) is 4.98. The van der Waals surface area contributed by atoms with Crippen LogP contribution >= 0.6 is 0 Å². The van der Waals surface area contributed by atoms with Crippen molar-refractivity contribution in [1.29, 1.82) is 0 Å². The molecule has 0 spiro atoms. The Labute approximate surface area is 204 Å². The molecule has 1 atom stereocenters. The van der Waals surface area contributed by atoms with Gasteiger partial charge in [0.05, 0.1) is 18.9 Å². The summed E-state index contributed by atoms with van der Waals surface area (Å²) < 4.78 is 48.7. The van der Waals surface area contributed by atoms with Gasteiger partial charge in [-0.05, 0) is 48.4 Å². The normalized spacial score (nSPS) is 12.1. The molecule has 0 fully saturated rings. The summed E-state index contributed by atoms with van der Waals surface area (Å²) >= 11 is 0. The number of alkyl halides is 3. The van der Waals surface area contributed by atoms with Gasteiger partial charge < -0.3 is 25.1 Å². The first-order valence-electron chi connectivity index (χ1n) is 10.7. The van der Waals surface area contributed by atoms with Gasteiger partial charge in [-0.2, -0.15) is 13.2 Å². The SMILES string of the molecule is COC(=O)C(NC(=O)c1ncc(-c2ccc(NC(=O)Nc3cccc(C(F)(F)F)c3)cc2)o1)C(C)C. The number of oxazole rings is 1. The summed E-state index contributed by atoms with van der Waals surface area (Å²) in [5, 5.41) is 7.38. The smallest absolute Gasteiger partial charge is 0.416 e. The number of ether oxygens (including phenoxy) is 1. The van der Waals surface area contributed by atoms with E-state index in [0.717, 1.165) is 12.1 Å². The highest BCUT2D eigenvalue weighted by atomic mass is 19.4. The number of nitrogens with zero attached hydrogens (tertiary/aromatic N) is 1. The van der Waals surface area contributed by atoms with Crippen LogP contribution in [-0.4, -0.2) is 36.0 Å². The van der Waals surface area contributed by atoms with Crippen molar-refractivity contribution >= 4 is 29.3 Å². The maximum atomic E-state index is 12.8. The van der Waals surface area contributed by atoms with Crippen LogP contribution in [0.5, 0.6) is 0 Å². The van der Waals surface area contributed by atoms with Gasteiger partial charge in [0.2, 0.25) is 0 Å². The second-order valence-electron chi connectivity index (χ2n) is 7.98. The van der Waals surface area contributed by atoms with E-state index >= 15 is 0 Å². The first-order valence-corrected chi connectivity index (χ1v) is 10.7. The number of methoxy groups -OCH3 is 1. The van der Waals surface area contributed by atoms with E-state index in [-0.39, 0.29) is 23.3 Å². The predicted octanol–water partition coefficient (Wildman–Crippen LogP) is 4.93. The number of halogens is 3. The third-order valence-electron chi connectivity index (χ3n) is 4.98. The molecule has 0 radical (unpaired) electrons. The van der Waals surface area contributed by atoms with Crippen molar-refractivity contribution in [1.82, 2.24) is 10.3 Å². The number of hydrogen-bond donors (Lipinski definition) is 3. The topological polar surface area (TPSA) is 123 Å². The van der Waals surface area contributed by atoms with E-state index in [1.165, 1.54) is 37.6 Å². The Morgan fingerprint density at radius 3 is 2.28 bits per heavy atom. The second kappa shape index (κ2) is 10.9. The molecule has 3 N–H and O–H groups in total. The molecule has 0 saturated carbocycles. The second-order valence-corrected chi connectivity index (χ2v) is 7.98. The largest absolute Gasteiger partial charge is 0.467 e. The number of carbonyl (C=O) groups is 3. The van der Waals surface area contributed by atoms with Crippen molar-refractivity contribution in [2.24, 2.45) is 5.92 Å². The Morgan fingerprint density at radius 1 is 1.00 bits per heavy atom. The molecule has 0 bridgehead atoms.